The molecule has 202 valence electrons. The van der Waals surface area contributed by atoms with Crippen LogP contribution in [0.5, 0.6) is 17.2 Å². The van der Waals surface area contributed by atoms with E-state index in [0.29, 0.717) is 33.4 Å². The molecule has 3 amide bonds. The number of carbonyl (C=O) groups excluding carboxylic acids is 3. The number of rotatable bonds is 10. The molecule has 0 spiro atoms. The van der Waals surface area contributed by atoms with E-state index in [2.05, 4.69) is 15.6 Å². The Hall–Kier alpha value is -4.12. The van der Waals surface area contributed by atoms with Crippen molar-refractivity contribution in [3.8, 4) is 17.2 Å². The maximum atomic E-state index is 13.8. The molecule has 0 bridgehead atoms. The highest BCUT2D eigenvalue weighted by atomic mass is 32.1. The Morgan fingerprint density at radius 3 is 2.21 bits per heavy atom. The van der Waals surface area contributed by atoms with Crippen LogP contribution in [0.4, 0.5) is 5.69 Å². The van der Waals surface area contributed by atoms with Crippen molar-refractivity contribution >= 4 is 34.7 Å². The van der Waals surface area contributed by atoms with E-state index in [1.165, 1.54) is 43.8 Å². The summed E-state index contributed by atoms with van der Waals surface area (Å²) >= 11 is 1.26. The first-order valence-corrected chi connectivity index (χ1v) is 12.6. The van der Waals surface area contributed by atoms with E-state index < -0.39 is 23.4 Å². The van der Waals surface area contributed by atoms with E-state index in [1.54, 1.807) is 48.0 Å². The minimum atomic E-state index is -1.17. The van der Waals surface area contributed by atoms with Crippen LogP contribution >= 0.6 is 11.3 Å². The lowest BCUT2D eigenvalue weighted by Crippen LogP contribution is -2.51. The zero-order chi connectivity index (χ0) is 27.9. The van der Waals surface area contributed by atoms with Crippen LogP contribution in [-0.2, 0) is 9.59 Å². The normalized spacial score (nSPS) is 11.7. The van der Waals surface area contributed by atoms with Gasteiger partial charge in [-0.15, -0.1) is 11.3 Å². The van der Waals surface area contributed by atoms with E-state index in [4.69, 9.17) is 14.2 Å². The number of nitrogens with one attached hydrogen (secondary N) is 2. The summed E-state index contributed by atoms with van der Waals surface area (Å²) in [6.45, 7) is 5.17. The maximum Gasteiger partial charge on any atom is 0.261 e. The van der Waals surface area contributed by atoms with Crippen molar-refractivity contribution in [1.29, 1.82) is 0 Å². The number of pyridine rings is 1. The number of nitrogens with zero attached hydrogens (tertiary/aromatic N) is 2. The minimum Gasteiger partial charge on any atom is -0.493 e. The lowest BCUT2D eigenvalue weighted by Gasteiger charge is -2.34. The van der Waals surface area contributed by atoms with Crippen LogP contribution in [0.1, 0.15) is 42.0 Å². The van der Waals surface area contributed by atoms with Gasteiger partial charge < -0.3 is 24.8 Å². The fraction of sp³-hybridized carbons (Fsp3) is 0.333. The molecule has 2 heterocycles. The van der Waals surface area contributed by atoms with Crippen molar-refractivity contribution < 1.29 is 28.6 Å². The molecule has 2 N–H and O–H groups in total. The Balaban J connectivity index is 2.13. The molecule has 3 rings (SSSR count). The highest BCUT2D eigenvalue weighted by Crippen LogP contribution is 2.41. The smallest absolute Gasteiger partial charge is 0.261 e. The van der Waals surface area contributed by atoms with Gasteiger partial charge in [-0.2, -0.15) is 0 Å². The van der Waals surface area contributed by atoms with E-state index in [0.717, 1.165) is 0 Å². The van der Waals surface area contributed by atoms with Gasteiger partial charge in [0.1, 0.15) is 6.04 Å². The Labute approximate surface area is 225 Å². The van der Waals surface area contributed by atoms with E-state index >= 15 is 0 Å². The van der Waals surface area contributed by atoms with Gasteiger partial charge in [0.15, 0.2) is 11.5 Å². The van der Waals surface area contributed by atoms with Crippen molar-refractivity contribution in [2.75, 3.05) is 32.8 Å². The molecule has 10 nitrogen and oxygen atoms in total. The van der Waals surface area contributed by atoms with Gasteiger partial charge >= 0.3 is 0 Å². The number of aromatic nitrogens is 1. The van der Waals surface area contributed by atoms with Gasteiger partial charge in [0.25, 0.3) is 5.91 Å². The molecular formula is C27H32N4O6S. The summed E-state index contributed by atoms with van der Waals surface area (Å²) in [4.78, 5) is 46.1. The van der Waals surface area contributed by atoms with Gasteiger partial charge in [-0.05, 0) is 62.0 Å². The Bertz CT molecular complexity index is 1230. The molecule has 0 aliphatic carbocycles. The fourth-order valence-electron chi connectivity index (χ4n) is 3.78. The standard InChI is InChI=1S/C27H32N4O6S/c1-27(2,3)30-26(34)23(17-13-19(35-4)24(37-6)20(14-17)36-5)31(18-9-7-11-28-15-18)22(32)16-29-25(33)21-10-8-12-38-21/h7-15,23H,16H2,1-6H3,(H,29,33)(H,30,34)/t23-/m1/s1. The molecule has 0 saturated carbocycles. The number of amides is 3. The molecule has 0 unspecified atom stereocenters. The number of thiophene rings is 1. The van der Waals surface area contributed by atoms with Crippen LogP contribution in [0.25, 0.3) is 0 Å². The van der Waals surface area contributed by atoms with E-state index in [-0.39, 0.29) is 12.5 Å². The molecule has 2 aromatic heterocycles. The quantitative estimate of drug-likeness (QED) is 0.403. The lowest BCUT2D eigenvalue weighted by atomic mass is 9.99. The summed E-state index contributed by atoms with van der Waals surface area (Å²) in [7, 11) is 4.41. The topological polar surface area (TPSA) is 119 Å². The number of hydrogen-bond acceptors (Lipinski definition) is 8. The second-order valence-corrected chi connectivity index (χ2v) is 10.2. The molecule has 0 saturated heterocycles. The molecule has 0 fully saturated rings. The molecule has 11 heteroatoms. The highest BCUT2D eigenvalue weighted by molar-refractivity contribution is 7.12. The van der Waals surface area contributed by atoms with Gasteiger partial charge in [0, 0.05) is 11.7 Å². The average molecular weight is 541 g/mol. The van der Waals surface area contributed by atoms with Crippen LogP contribution in [0.15, 0.2) is 54.2 Å². The van der Waals surface area contributed by atoms with Crippen LogP contribution in [0, 0.1) is 0 Å². The second-order valence-electron chi connectivity index (χ2n) is 9.24. The summed E-state index contributed by atoms with van der Waals surface area (Å²) in [5.41, 5.74) is 0.168. The summed E-state index contributed by atoms with van der Waals surface area (Å²) in [6, 6.07) is 8.82. The van der Waals surface area contributed by atoms with Crippen LogP contribution in [-0.4, -0.2) is 56.1 Å². The van der Waals surface area contributed by atoms with Gasteiger partial charge in [0.05, 0.1) is 44.6 Å². The number of anilines is 1. The second kappa shape index (κ2) is 12.4. The number of methoxy groups -OCH3 is 3. The van der Waals surface area contributed by atoms with E-state index in [1.807, 2.05) is 20.8 Å². The van der Waals surface area contributed by atoms with E-state index in [9.17, 15) is 14.4 Å². The fourth-order valence-corrected chi connectivity index (χ4v) is 4.42. The molecule has 3 aromatic rings. The molecule has 0 aliphatic rings. The maximum absolute atomic E-state index is 13.8. The first kappa shape index (κ1) is 28.5. The average Bonchev–Trinajstić information content (AvgIpc) is 3.44. The predicted molar refractivity (Wildman–Crippen MR) is 145 cm³/mol. The highest BCUT2D eigenvalue weighted by Gasteiger charge is 2.36. The lowest BCUT2D eigenvalue weighted by molar-refractivity contribution is -0.127. The Morgan fingerprint density at radius 1 is 1.03 bits per heavy atom. The number of ether oxygens (including phenoxy) is 3. The van der Waals surface area contributed by atoms with Crippen molar-refractivity contribution in [3.05, 3.63) is 64.6 Å². The number of carbonyl (C=O) groups is 3. The summed E-state index contributed by atoms with van der Waals surface area (Å²) in [5.74, 6) is -0.376. The third-order valence-corrected chi connectivity index (χ3v) is 6.21. The van der Waals surface area contributed by atoms with Crippen LogP contribution < -0.4 is 29.7 Å². The van der Waals surface area contributed by atoms with Gasteiger partial charge in [-0.25, -0.2) is 0 Å². The van der Waals surface area contributed by atoms with Crippen molar-refractivity contribution in [2.24, 2.45) is 0 Å². The molecule has 0 aliphatic heterocycles. The molecule has 1 aromatic carbocycles. The zero-order valence-corrected chi connectivity index (χ0v) is 23.0. The monoisotopic (exact) mass is 540 g/mol. The van der Waals surface area contributed by atoms with Gasteiger partial charge in [-0.1, -0.05) is 6.07 Å². The number of benzene rings is 1. The molecule has 38 heavy (non-hydrogen) atoms. The Kier molecular flexibility index (Phi) is 9.30. The van der Waals surface area contributed by atoms with Gasteiger partial charge in [0.2, 0.25) is 17.6 Å². The largest absolute Gasteiger partial charge is 0.493 e. The first-order valence-electron chi connectivity index (χ1n) is 11.7. The third-order valence-electron chi connectivity index (χ3n) is 5.35. The summed E-state index contributed by atoms with van der Waals surface area (Å²) in [6.07, 6.45) is 3.04. The van der Waals surface area contributed by atoms with Crippen molar-refractivity contribution in [2.45, 2.75) is 32.4 Å². The zero-order valence-electron chi connectivity index (χ0n) is 22.2. The first-order chi connectivity index (χ1) is 18.1. The van der Waals surface area contributed by atoms with Gasteiger partial charge in [-0.3, -0.25) is 24.3 Å². The van der Waals surface area contributed by atoms with Crippen molar-refractivity contribution in [1.82, 2.24) is 15.6 Å². The molecular weight excluding hydrogens is 508 g/mol. The Morgan fingerprint density at radius 2 is 1.71 bits per heavy atom. The van der Waals surface area contributed by atoms with Crippen molar-refractivity contribution in [3.63, 3.8) is 0 Å². The van der Waals surface area contributed by atoms with Crippen LogP contribution in [0.3, 0.4) is 0 Å². The number of hydrogen-bond donors (Lipinski definition) is 2. The summed E-state index contributed by atoms with van der Waals surface area (Å²) in [5, 5.41) is 7.39. The summed E-state index contributed by atoms with van der Waals surface area (Å²) < 4.78 is 16.5. The SMILES string of the molecule is COc1cc([C@H](C(=O)NC(C)(C)C)N(C(=O)CNC(=O)c2cccs2)c2cccnc2)cc(OC)c1OC. The molecule has 1 atom stereocenters. The predicted octanol–water partition coefficient (Wildman–Crippen LogP) is 3.59. The van der Waals surface area contributed by atoms with Crippen LogP contribution in [0.2, 0.25) is 0 Å². The molecule has 0 radical (unpaired) electrons. The third kappa shape index (κ3) is 6.80. The minimum absolute atomic E-state index is 0.319.